The van der Waals surface area contributed by atoms with Crippen LogP contribution in [0.5, 0.6) is 0 Å². The largest absolute Gasteiger partial charge is 0.510 e. The van der Waals surface area contributed by atoms with E-state index in [0.717, 1.165) is 12.8 Å². The molecule has 21 atom stereocenters. The van der Waals surface area contributed by atoms with Gasteiger partial charge in [0, 0.05) is 49.5 Å². The summed E-state index contributed by atoms with van der Waals surface area (Å²) in [7, 11) is 0. The van der Waals surface area contributed by atoms with Crippen LogP contribution in [0.15, 0.2) is 157 Å². The molecule has 0 aromatic rings. The highest BCUT2D eigenvalue weighted by Gasteiger charge is 2.44. The summed E-state index contributed by atoms with van der Waals surface area (Å²) in [5.74, 6) is -2.25. The van der Waals surface area contributed by atoms with Crippen molar-refractivity contribution in [1.82, 2.24) is 5.32 Å². The van der Waals surface area contributed by atoms with E-state index in [-0.39, 0.29) is 100 Å². The Hall–Kier alpha value is -5.16. The highest BCUT2D eigenvalue weighted by Crippen LogP contribution is 2.29. The molecule has 0 saturated carbocycles. The van der Waals surface area contributed by atoms with Crippen LogP contribution in [0.1, 0.15) is 130 Å². The molecule has 0 spiro atoms. The molecule has 1 saturated heterocycles. The molecular weight excluding hydrogens is 1190 g/mol. The van der Waals surface area contributed by atoms with Crippen LogP contribution in [0.25, 0.3) is 0 Å². The number of nitrogens with two attached hydrogens (primary N) is 1. The van der Waals surface area contributed by atoms with Crippen LogP contribution in [0.4, 0.5) is 0 Å². The molecule has 21 unspecified atom stereocenters. The average molecular weight is 1300 g/mol. The molecule has 520 valence electrons. The van der Waals surface area contributed by atoms with Crippen molar-refractivity contribution in [2.24, 2.45) is 23.5 Å². The molecule has 1 aliphatic heterocycles. The molecule has 19 N–H and O–H groups in total. The molecule has 2 rings (SSSR count). The number of nitrogens with one attached hydrogen (secondary N) is 1. The number of amides is 1. The van der Waals surface area contributed by atoms with Gasteiger partial charge in [0.1, 0.15) is 29.8 Å². The Bertz CT molecular complexity index is 2470. The lowest BCUT2D eigenvalue weighted by atomic mass is 9.88. The van der Waals surface area contributed by atoms with Crippen molar-refractivity contribution in [1.29, 1.82) is 0 Å². The second kappa shape index (κ2) is 47.7. The molecule has 22 nitrogen and oxygen atoms in total. The van der Waals surface area contributed by atoms with Gasteiger partial charge in [0.15, 0.2) is 12.1 Å². The topological polar surface area (TPSA) is 414 Å². The predicted octanol–water partition coefficient (Wildman–Crippen LogP) is 3.78. The zero-order valence-corrected chi connectivity index (χ0v) is 53.9. The van der Waals surface area contributed by atoms with E-state index in [0.29, 0.717) is 19.4 Å². The van der Waals surface area contributed by atoms with E-state index in [4.69, 9.17) is 15.2 Å². The van der Waals surface area contributed by atoms with Gasteiger partial charge in [-0.3, -0.25) is 9.59 Å². The first-order valence-corrected chi connectivity index (χ1v) is 32.2. The number of hydrogen-bond donors (Lipinski definition) is 18. The molecule has 0 aromatic heterocycles. The normalized spacial score (nSPS) is 24.5. The summed E-state index contributed by atoms with van der Waals surface area (Å²) in [5.41, 5.74) is 5.40. The Morgan fingerprint density at radius 3 is 1.62 bits per heavy atom. The van der Waals surface area contributed by atoms with Gasteiger partial charge in [-0.1, -0.05) is 161 Å². The van der Waals surface area contributed by atoms with Gasteiger partial charge in [0.25, 0.3) is 0 Å². The van der Waals surface area contributed by atoms with Crippen LogP contribution in [-0.4, -0.2) is 210 Å². The first-order chi connectivity index (χ1) is 43.7. The average Bonchev–Trinajstić information content (AvgIpc) is 1.04. The maximum Gasteiger partial charge on any atom is 0.248 e. The van der Waals surface area contributed by atoms with E-state index in [2.05, 4.69) is 5.32 Å². The van der Waals surface area contributed by atoms with Crippen LogP contribution in [0, 0.1) is 17.8 Å². The third kappa shape index (κ3) is 35.9. The number of aliphatic hydroxyl groups excluding tert-OH is 16. The number of unbranched alkanes of at least 4 members (excludes halogenated alkanes) is 1. The van der Waals surface area contributed by atoms with Crippen molar-refractivity contribution in [3.05, 3.63) is 157 Å². The molecule has 0 aromatic carbocycles. The van der Waals surface area contributed by atoms with Gasteiger partial charge in [0.05, 0.1) is 85.5 Å². The summed E-state index contributed by atoms with van der Waals surface area (Å²) in [6.07, 6.45) is 23.6. The fraction of sp³-hybridized carbons (Fsp3) is 0.600. The summed E-state index contributed by atoms with van der Waals surface area (Å²) in [6, 6.07) is 0. The van der Waals surface area contributed by atoms with Gasteiger partial charge in [-0.15, -0.1) is 0 Å². The van der Waals surface area contributed by atoms with Crippen molar-refractivity contribution in [2.75, 3.05) is 6.54 Å². The smallest absolute Gasteiger partial charge is 0.248 e. The predicted molar refractivity (Wildman–Crippen MR) is 352 cm³/mol. The van der Waals surface area contributed by atoms with Crippen LogP contribution in [0.2, 0.25) is 0 Å². The second-order valence-corrected chi connectivity index (χ2v) is 24.1. The Balaban J connectivity index is 1.81. The number of carbonyl (C=O) groups is 2. The standard InChI is InChI=1S/C70H110N2O20/c1-46(27-20-16-12-8-5-6-11-15-19-23-35-64(86)72-65-60(83)36-37-61(65)84)66(87)48(3)59(82)33-21-17-13-9-7-10-14-18-22-34-63(92-70-69(90)68(89)67(88)49(4)91-70)47(2)62(85)45-58(81)44-57(80)42-53(76)31-25-30-52(75)41-56(79)43-55(78)40-51(74)29-24-28-50(73)39-54(77)32-26-38-71/h5-11,13-15,17-25,27,29,31,33,35,46-59,62-63,66-70,73-83,85,87-90H,12,16,26,28,30,32,34,36-45,71H2,1-4H3,(H,72,86)/b8-5+,9-7+,11-6+,14-10+,17-13+,19-15+,22-18+,27-20+,29-24+,31-25+,33-21+,35-23+. The van der Waals surface area contributed by atoms with E-state index in [9.17, 15) is 91.3 Å². The maximum absolute atomic E-state index is 11.9. The third-order valence-electron chi connectivity index (χ3n) is 15.8. The Kier molecular flexibility index (Phi) is 43.0. The second-order valence-electron chi connectivity index (χ2n) is 24.1. The molecule has 0 radical (unpaired) electrons. The Labute approximate surface area is 543 Å². The lowest BCUT2D eigenvalue weighted by Crippen LogP contribution is -2.58. The first kappa shape index (κ1) is 82.9. The van der Waals surface area contributed by atoms with Gasteiger partial charge in [-0.2, -0.15) is 0 Å². The van der Waals surface area contributed by atoms with Crippen LogP contribution < -0.4 is 11.1 Å². The quantitative estimate of drug-likeness (QED) is 0.0178. The number of rotatable bonds is 46. The van der Waals surface area contributed by atoms with Crippen LogP contribution >= 0.6 is 0 Å². The van der Waals surface area contributed by atoms with Crippen molar-refractivity contribution in [3.8, 4) is 0 Å². The summed E-state index contributed by atoms with van der Waals surface area (Å²) < 4.78 is 11.8. The summed E-state index contributed by atoms with van der Waals surface area (Å²) in [4.78, 5) is 23.6. The maximum atomic E-state index is 11.9. The molecule has 0 bridgehead atoms. The highest BCUT2D eigenvalue weighted by molar-refractivity contribution is 6.03. The van der Waals surface area contributed by atoms with Gasteiger partial charge >= 0.3 is 0 Å². The lowest BCUT2D eigenvalue weighted by molar-refractivity contribution is -0.309. The fourth-order valence-electron chi connectivity index (χ4n) is 10.1. The zero-order chi connectivity index (χ0) is 68.5. The van der Waals surface area contributed by atoms with Gasteiger partial charge in [-0.25, -0.2) is 0 Å². The zero-order valence-electron chi connectivity index (χ0n) is 53.9. The van der Waals surface area contributed by atoms with Gasteiger partial charge < -0.3 is 102 Å². The Morgan fingerprint density at radius 1 is 0.554 bits per heavy atom. The monoisotopic (exact) mass is 1300 g/mol. The number of Topliss-reactive ketones (excluding diaryl/α,β-unsaturated/α-hetero) is 1. The highest BCUT2D eigenvalue weighted by atomic mass is 16.7. The number of ketones is 1. The number of ether oxygens (including phenoxy) is 2. The van der Waals surface area contributed by atoms with E-state index < -0.39 is 128 Å². The van der Waals surface area contributed by atoms with Crippen molar-refractivity contribution in [2.45, 2.75) is 240 Å². The molecule has 22 heteroatoms. The van der Waals surface area contributed by atoms with Crippen molar-refractivity contribution >= 4 is 11.7 Å². The van der Waals surface area contributed by atoms with E-state index in [1.165, 1.54) is 37.3 Å². The molecular formula is C70H110N2O20. The van der Waals surface area contributed by atoms with Crippen molar-refractivity contribution < 1.29 is 101 Å². The van der Waals surface area contributed by atoms with Gasteiger partial charge in [-0.05, 0) is 90.5 Å². The van der Waals surface area contributed by atoms with Crippen LogP contribution in [-0.2, 0) is 19.1 Å². The van der Waals surface area contributed by atoms with Crippen molar-refractivity contribution in [3.63, 3.8) is 0 Å². The summed E-state index contributed by atoms with van der Waals surface area (Å²) in [5, 5.41) is 170. The minimum Gasteiger partial charge on any atom is -0.510 e. The van der Waals surface area contributed by atoms with E-state index >= 15 is 0 Å². The minimum atomic E-state index is -1.62. The molecule has 1 fully saturated rings. The number of allylic oxidation sites excluding steroid dienone is 18. The Morgan fingerprint density at radius 2 is 1.05 bits per heavy atom. The van der Waals surface area contributed by atoms with Gasteiger partial charge in [0.2, 0.25) is 5.91 Å². The molecule has 1 amide bonds. The minimum absolute atomic E-state index is 0.0323. The first-order valence-electron chi connectivity index (χ1n) is 32.2. The SMILES string of the molecule is CC(/C=C/CC/C=C/C=C/C=C/C=C/C(=O)NC1=C(O)CCC1=O)C(O)C(C)C(O)/C=C/C=C/C=C/C=C/C=C/CC(OC1OC(C)C(O)C(O)C1O)C(C)C(O)CC(O)CC(O)CC(O)/C=C/CC(O)CC(O)CC(O)CC(O)/C=C/CC(O)CC(O)CCCN. The number of carbonyl (C=O) groups excluding carboxylic acids is 2. The van der Waals surface area contributed by atoms with Crippen LogP contribution in [0.3, 0.4) is 0 Å². The van der Waals surface area contributed by atoms with E-state index in [1.807, 2.05) is 37.3 Å². The molecule has 1 aliphatic carbocycles. The number of hydrogen-bond acceptors (Lipinski definition) is 21. The van der Waals surface area contributed by atoms with E-state index in [1.54, 1.807) is 98.9 Å². The molecule has 2 aliphatic rings. The fourth-order valence-corrected chi connectivity index (χ4v) is 10.1. The molecule has 1 heterocycles. The third-order valence-corrected chi connectivity index (χ3v) is 15.8. The lowest BCUT2D eigenvalue weighted by Gasteiger charge is -2.41. The molecule has 92 heavy (non-hydrogen) atoms. The summed E-state index contributed by atoms with van der Waals surface area (Å²) in [6.45, 7) is 7.28. The number of aliphatic hydroxyl groups is 16. The summed E-state index contributed by atoms with van der Waals surface area (Å²) >= 11 is 0.